The average Bonchev–Trinajstić information content (AvgIpc) is 2.81. The minimum atomic E-state index is -0.333. The van der Waals surface area contributed by atoms with Gasteiger partial charge in [0.05, 0.1) is 19.3 Å². The van der Waals surface area contributed by atoms with Gasteiger partial charge in [-0.25, -0.2) is 0 Å². The Morgan fingerprint density at radius 1 is 1.21 bits per heavy atom. The Kier molecular flexibility index (Phi) is 7.39. The summed E-state index contributed by atoms with van der Waals surface area (Å²) in [6, 6.07) is 0. The molecular formula is C15H28O4. The normalized spacial score (nSPS) is 19.3. The predicted octanol–water partition coefficient (Wildman–Crippen LogP) is 3.43. The van der Waals surface area contributed by atoms with Crippen LogP contribution < -0.4 is 0 Å². The Morgan fingerprint density at radius 3 is 2.42 bits per heavy atom. The number of hydrogen-bond acceptors (Lipinski definition) is 4. The molecule has 1 aliphatic heterocycles. The smallest absolute Gasteiger partial charge is 0.302 e. The first-order chi connectivity index (χ1) is 9.08. The van der Waals surface area contributed by atoms with Gasteiger partial charge in [-0.3, -0.25) is 4.79 Å². The largest absolute Gasteiger partial charge is 0.463 e. The van der Waals surface area contributed by atoms with Crippen LogP contribution in [0.4, 0.5) is 0 Å². The fraction of sp³-hybridized carbons (Fsp3) is 0.933. The van der Waals surface area contributed by atoms with Gasteiger partial charge in [-0.1, -0.05) is 13.3 Å². The maximum atomic E-state index is 10.8. The molecule has 112 valence electrons. The van der Waals surface area contributed by atoms with Crippen LogP contribution in [0, 0.1) is 0 Å². The van der Waals surface area contributed by atoms with Gasteiger partial charge < -0.3 is 14.2 Å². The number of carbonyl (C=O) groups excluding carboxylic acids is 1. The van der Waals surface area contributed by atoms with Crippen molar-refractivity contribution in [1.29, 1.82) is 0 Å². The van der Waals surface area contributed by atoms with Crippen molar-refractivity contribution in [3.63, 3.8) is 0 Å². The molecule has 0 radical (unpaired) electrons. The highest BCUT2D eigenvalue weighted by molar-refractivity contribution is 5.66. The van der Waals surface area contributed by atoms with Crippen molar-refractivity contribution in [2.45, 2.75) is 77.6 Å². The average molecular weight is 272 g/mol. The molecule has 1 atom stereocenters. The van der Waals surface area contributed by atoms with Crippen LogP contribution in [0.2, 0.25) is 0 Å². The number of rotatable bonds is 9. The summed E-state index contributed by atoms with van der Waals surface area (Å²) in [4.78, 5) is 10.8. The van der Waals surface area contributed by atoms with Crippen molar-refractivity contribution in [2.24, 2.45) is 0 Å². The Labute approximate surface area is 116 Å². The highest BCUT2D eigenvalue weighted by Crippen LogP contribution is 2.31. The lowest BCUT2D eigenvalue weighted by Gasteiger charge is -2.27. The first-order valence-electron chi connectivity index (χ1n) is 7.53. The van der Waals surface area contributed by atoms with E-state index < -0.39 is 0 Å². The summed E-state index contributed by atoms with van der Waals surface area (Å²) in [7, 11) is 0. The van der Waals surface area contributed by atoms with Crippen LogP contribution in [0.1, 0.15) is 65.7 Å². The fourth-order valence-corrected chi connectivity index (χ4v) is 2.53. The van der Waals surface area contributed by atoms with E-state index in [4.69, 9.17) is 14.2 Å². The first-order valence-corrected chi connectivity index (χ1v) is 7.53. The molecule has 0 bridgehead atoms. The predicted molar refractivity (Wildman–Crippen MR) is 73.9 cm³/mol. The molecule has 19 heavy (non-hydrogen) atoms. The monoisotopic (exact) mass is 272 g/mol. The van der Waals surface area contributed by atoms with E-state index in [1.807, 2.05) is 6.92 Å². The number of ether oxygens (including phenoxy) is 3. The van der Waals surface area contributed by atoms with Crippen LogP contribution in [0.3, 0.4) is 0 Å². The zero-order valence-corrected chi connectivity index (χ0v) is 12.6. The zero-order chi connectivity index (χ0) is 14.1. The third-order valence-corrected chi connectivity index (χ3v) is 3.51. The Morgan fingerprint density at radius 2 is 1.84 bits per heavy atom. The minimum Gasteiger partial charge on any atom is -0.463 e. The van der Waals surface area contributed by atoms with Gasteiger partial charge in [0.1, 0.15) is 0 Å². The molecule has 1 fully saturated rings. The number of unbranched alkanes of at least 4 members (excludes halogenated alkanes) is 2. The maximum Gasteiger partial charge on any atom is 0.302 e. The number of hydrogen-bond donors (Lipinski definition) is 0. The summed E-state index contributed by atoms with van der Waals surface area (Å²) in [5, 5.41) is 0. The molecule has 1 saturated heterocycles. The van der Waals surface area contributed by atoms with Gasteiger partial charge in [0.2, 0.25) is 0 Å². The van der Waals surface area contributed by atoms with Crippen LogP contribution in [0.5, 0.6) is 0 Å². The molecule has 4 nitrogen and oxygen atoms in total. The van der Waals surface area contributed by atoms with E-state index in [2.05, 4.69) is 6.92 Å². The van der Waals surface area contributed by atoms with Gasteiger partial charge in [0.15, 0.2) is 5.79 Å². The summed E-state index contributed by atoms with van der Waals surface area (Å²) < 4.78 is 16.7. The van der Waals surface area contributed by atoms with Gasteiger partial charge in [-0.2, -0.15) is 0 Å². The highest BCUT2D eigenvalue weighted by atomic mass is 16.7. The Bertz CT molecular complexity index is 259. The quantitative estimate of drug-likeness (QED) is 0.476. The summed E-state index contributed by atoms with van der Waals surface area (Å²) >= 11 is 0. The molecule has 1 heterocycles. The second-order valence-corrected chi connectivity index (χ2v) is 5.38. The summed E-state index contributed by atoms with van der Waals surface area (Å²) in [6.07, 6.45) is 7.24. The van der Waals surface area contributed by atoms with Gasteiger partial charge in [-0.15, -0.1) is 0 Å². The van der Waals surface area contributed by atoms with Crippen molar-refractivity contribution >= 4 is 5.97 Å². The molecule has 0 N–H and O–H groups in total. The zero-order valence-electron chi connectivity index (χ0n) is 12.6. The standard InChI is InChI=1S/C15H28O4/c1-4-5-9-15(17-11-12-18-15)10-7-6-8-13(2)19-14(3)16/h13H,4-12H2,1-3H3. The van der Waals surface area contributed by atoms with Crippen LogP contribution in [-0.4, -0.2) is 31.1 Å². The molecule has 1 unspecified atom stereocenters. The molecule has 0 saturated carbocycles. The third-order valence-electron chi connectivity index (χ3n) is 3.51. The lowest BCUT2D eigenvalue weighted by atomic mass is 10.0. The molecule has 0 aromatic heterocycles. The van der Waals surface area contributed by atoms with Crippen LogP contribution in [0.25, 0.3) is 0 Å². The molecule has 0 aromatic rings. The van der Waals surface area contributed by atoms with E-state index in [9.17, 15) is 4.79 Å². The van der Waals surface area contributed by atoms with Gasteiger partial charge >= 0.3 is 5.97 Å². The van der Waals surface area contributed by atoms with Gasteiger partial charge in [0.25, 0.3) is 0 Å². The second kappa shape index (κ2) is 8.54. The Hall–Kier alpha value is -0.610. The summed E-state index contributed by atoms with van der Waals surface area (Å²) in [6.45, 7) is 7.01. The van der Waals surface area contributed by atoms with E-state index in [0.29, 0.717) is 13.2 Å². The molecule has 0 aromatic carbocycles. The minimum absolute atomic E-state index is 0.00880. The van der Waals surface area contributed by atoms with Crippen LogP contribution in [0.15, 0.2) is 0 Å². The lowest BCUT2D eigenvalue weighted by molar-refractivity contribution is -0.168. The number of esters is 1. The molecule has 4 heteroatoms. The number of carbonyl (C=O) groups is 1. The van der Waals surface area contributed by atoms with E-state index in [-0.39, 0.29) is 17.9 Å². The SMILES string of the molecule is CCCCC1(CCCCC(C)OC(C)=O)OCCO1. The molecule has 0 spiro atoms. The summed E-state index contributed by atoms with van der Waals surface area (Å²) in [5.74, 6) is -0.532. The molecule has 1 rings (SSSR count). The highest BCUT2D eigenvalue weighted by Gasteiger charge is 2.34. The van der Waals surface area contributed by atoms with Crippen molar-refractivity contribution in [1.82, 2.24) is 0 Å². The third kappa shape index (κ3) is 6.39. The van der Waals surface area contributed by atoms with Crippen molar-refractivity contribution < 1.29 is 19.0 Å². The Balaban J connectivity index is 2.20. The van der Waals surface area contributed by atoms with Crippen molar-refractivity contribution in [3.8, 4) is 0 Å². The molecular weight excluding hydrogens is 244 g/mol. The van der Waals surface area contributed by atoms with Gasteiger partial charge in [-0.05, 0) is 32.6 Å². The molecule has 0 amide bonds. The van der Waals surface area contributed by atoms with E-state index >= 15 is 0 Å². The van der Waals surface area contributed by atoms with Crippen molar-refractivity contribution in [2.75, 3.05) is 13.2 Å². The van der Waals surface area contributed by atoms with E-state index in [1.54, 1.807) is 0 Å². The van der Waals surface area contributed by atoms with E-state index in [1.165, 1.54) is 6.92 Å². The second-order valence-electron chi connectivity index (χ2n) is 5.38. The first kappa shape index (κ1) is 16.4. The molecule has 0 aliphatic carbocycles. The van der Waals surface area contributed by atoms with E-state index in [0.717, 1.165) is 44.9 Å². The van der Waals surface area contributed by atoms with Crippen LogP contribution in [-0.2, 0) is 19.0 Å². The summed E-state index contributed by atoms with van der Waals surface area (Å²) in [5.41, 5.74) is 0. The fourth-order valence-electron chi connectivity index (χ4n) is 2.53. The van der Waals surface area contributed by atoms with Crippen LogP contribution >= 0.6 is 0 Å². The topological polar surface area (TPSA) is 44.8 Å². The molecule has 1 aliphatic rings. The maximum absolute atomic E-state index is 10.8. The van der Waals surface area contributed by atoms with Crippen molar-refractivity contribution in [3.05, 3.63) is 0 Å². The lowest BCUT2D eigenvalue weighted by Crippen LogP contribution is -2.30. The van der Waals surface area contributed by atoms with Gasteiger partial charge in [0, 0.05) is 19.8 Å².